The van der Waals surface area contributed by atoms with E-state index in [2.05, 4.69) is 5.32 Å². The number of amides is 2. The maximum Gasteiger partial charge on any atom is 0.320 e. The van der Waals surface area contributed by atoms with Crippen LogP contribution in [0.15, 0.2) is 0 Å². The number of ether oxygens (including phenoxy) is 2. The smallest absolute Gasteiger partial charge is 0.320 e. The molecule has 0 aromatic rings. The van der Waals surface area contributed by atoms with Gasteiger partial charge in [0.15, 0.2) is 0 Å². The number of carbonyl (C=O) groups is 1. The van der Waals surface area contributed by atoms with Crippen molar-refractivity contribution in [3.8, 4) is 0 Å². The predicted octanol–water partition coefficient (Wildman–Crippen LogP) is 0.529. The molecule has 1 N–H and O–H groups in total. The van der Waals surface area contributed by atoms with Gasteiger partial charge in [0.25, 0.3) is 0 Å². The molecule has 6 nitrogen and oxygen atoms in total. The lowest BCUT2D eigenvalue weighted by molar-refractivity contribution is 0.0903. The van der Waals surface area contributed by atoms with Gasteiger partial charge in [0.1, 0.15) is 0 Å². The van der Waals surface area contributed by atoms with Crippen LogP contribution < -0.4 is 5.32 Å². The molecule has 0 aliphatic carbocycles. The zero-order valence-electron chi connectivity index (χ0n) is 12.5. The first-order valence-corrected chi connectivity index (χ1v) is 7.66. The molecule has 2 saturated heterocycles. The monoisotopic (exact) mass is 285 g/mol. The summed E-state index contributed by atoms with van der Waals surface area (Å²) in [6.07, 6.45) is 3.06. The normalized spacial score (nSPS) is 20.9. The van der Waals surface area contributed by atoms with E-state index in [4.69, 9.17) is 9.47 Å². The molecular weight excluding hydrogens is 258 g/mol. The summed E-state index contributed by atoms with van der Waals surface area (Å²) in [7, 11) is 1.69. The molecule has 116 valence electrons. The summed E-state index contributed by atoms with van der Waals surface area (Å²) in [5, 5.41) is 3.34. The summed E-state index contributed by atoms with van der Waals surface area (Å²) in [6, 6.07) is 0.619. The van der Waals surface area contributed by atoms with Gasteiger partial charge in [-0.2, -0.15) is 0 Å². The highest BCUT2D eigenvalue weighted by Gasteiger charge is 2.33. The molecule has 0 aromatic heterocycles. The van der Waals surface area contributed by atoms with Crippen LogP contribution in [0.4, 0.5) is 4.79 Å². The van der Waals surface area contributed by atoms with Crippen molar-refractivity contribution in [1.29, 1.82) is 0 Å². The molecule has 20 heavy (non-hydrogen) atoms. The van der Waals surface area contributed by atoms with Crippen LogP contribution in [0.5, 0.6) is 0 Å². The van der Waals surface area contributed by atoms with Crippen molar-refractivity contribution in [3.63, 3.8) is 0 Å². The average Bonchev–Trinajstić information content (AvgIpc) is 2.85. The Hall–Kier alpha value is -0.850. The van der Waals surface area contributed by atoms with Gasteiger partial charge in [-0.25, -0.2) is 4.79 Å². The SMILES string of the molecule is COCCCOCCN1CCN(C2CCNCC2)C1=O. The van der Waals surface area contributed by atoms with Gasteiger partial charge in [0, 0.05) is 46.0 Å². The van der Waals surface area contributed by atoms with E-state index in [0.717, 1.165) is 52.0 Å². The Morgan fingerprint density at radius 1 is 1.20 bits per heavy atom. The fourth-order valence-corrected chi connectivity index (χ4v) is 2.85. The number of nitrogens with one attached hydrogen (secondary N) is 1. The van der Waals surface area contributed by atoms with Gasteiger partial charge < -0.3 is 24.6 Å². The lowest BCUT2D eigenvalue weighted by Crippen LogP contribution is -2.45. The fraction of sp³-hybridized carbons (Fsp3) is 0.929. The summed E-state index contributed by atoms with van der Waals surface area (Å²) in [5.74, 6) is 0. The van der Waals surface area contributed by atoms with Crippen molar-refractivity contribution in [2.24, 2.45) is 0 Å². The average molecular weight is 285 g/mol. The summed E-state index contributed by atoms with van der Waals surface area (Å²) in [6.45, 7) is 6.51. The first-order valence-electron chi connectivity index (χ1n) is 7.66. The van der Waals surface area contributed by atoms with Crippen molar-refractivity contribution in [2.45, 2.75) is 25.3 Å². The Morgan fingerprint density at radius 3 is 2.75 bits per heavy atom. The largest absolute Gasteiger partial charge is 0.385 e. The van der Waals surface area contributed by atoms with Crippen LogP contribution in [0.1, 0.15) is 19.3 Å². The number of hydrogen-bond acceptors (Lipinski definition) is 4. The van der Waals surface area contributed by atoms with Crippen LogP contribution >= 0.6 is 0 Å². The molecule has 0 saturated carbocycles. The minimum atomic E-state index is 0.192. The molecule has 6 heteroatoms. The zero-order chi connectivity index (χ0) is 14.2. The van der Waals surface area contributed by atoms with E-state index in [1.807, 2.05) is 9.80 Å². The van der Waals surface area contributed by atoms with Crippen LogP contribution in [0.3, 0.4) is 0 Å². The van der Waals surface area contributed by atoms with E-state index in [1.165, 1.54) is 0 Å². The maximum absolute atomic E-state index is 12.3. The van der Waals surface area contributed by atoms with Crippen LogP contribution in [0.25, 0.3) is 0 Å². The molecule has 0 aromatic carbocycles. The van der Waals surface area contributed by atoms with Gasteiger partial charge in [-0.15, -0.1) is 0 Å². The second-order valence-electron chi connectivity index (χ2n) is 5.40. The number of hydrogen-bond donors (Lipinski definition) is 1. The van der Waals surface area contributed by atoms with Crippen molar-refractivity contribution < 1.29 is 14.3 Å². The van der Waals surface area contributed by atoms with E-state index in [9.17, 15) is 4.79 Å². The van der Waals surface area contributed by atoms with E-state index < -0.39 is 0 Å². The number of carbonyl (C=O) groups excluding carboxylic acids is 1. The van der Waals surface area contributed by atoms with E-state index in [1.54, 1.807) is 7.11 Å². The Bertz CT molecular complexity index is 295. The standard InChI is InChI=1S/C14H27N3O3/c1-19-10-2-11-20-12-9-16-7-8-17(14(16)18)13-3-5-15-6-4-13/h13,15H,2-12H2,1H3. The molecular formula is C14H27N3O3. The maximum atomic E-state index is 12.3. The van der Waals surface area contributed by atoms with Crippen molar-refractivity contribution in [1.82, 2.24) is 15.1 Å². The van der Waals surface area contributed by atoms with E-state index in [-0.39, 0.29) is 6.03 Å². The first kappa shape index (κ1) is 15.5. The molecule has 2 amide bonds. The Labute approximate surface area is 121 Å². The van der Waals surface area contributed by atoms with Crippen molar-refractivity contribution in [3.05, 3.63) is 0 Å². The molecule has 2 fully saturated rings. The summed E-state index contributed by atoms with van der Waals surface area (Å²) < 4.78 is 10.5. The number of piperidine rings is 1. The van der Waals surface area contributed by atoms with Crippen molar-refractivity contribution in [2.75, 3.05) is 59.7 Å². The Balaban J connectivity index is 1.63. The molecule has 0 unspecified atom stereocenters. The van der Waals surface area contributed by atoms with Gasteiger partial charge in [0.2, 0.25) is 0 Å². The molecule has 2 aliphatic heterocycles. The number of urea groups is 1. The summed E-state index contributed by atoms with van der Waals surface area (Å²) in [4.78, 5) is 16.3. The van der Waals surface area contributed by atoms with Gasteiger partial charge in [0.05, 0.1) is 6.61 Å². The summed E-state index contributed by atoms with van der Waals surface area (Å²) >= 11 is 0. The molecule has 2 rings (SSSR count). The van der Waals surface area contributed by atoms with E-state index >= 15 is 0 Å². The second-order valence-corrected chi connectivity index (χ2v) is 5.40. The highest BCUT2D eigenvalue weighted by Crippen LogP contribution is 2.18. The minimum Gasteiger partial charge on any atom is -0.385 e. The highest BCUT2D eigenvalue weighted by atomic mass is 16.5. The van der Waals surface area contributed by atoms with Crippen LogP contribution in [-0.2, 0) is 9.47 Å². The first-order chi connectivity index (χ1) is 9.83. The van der Waals surface area contributed by atoms with Crippen molar-refractivity contribution >= 4 is 6.03 Å². The molecule has 2 aliphatic rings. The number of rotatable bonds is 8. The zero-order valence-corrected chi connectivity index (χ0v) is 12.5. The van der Waals surface area contributed by atoms with E-state index in [0.29, 0.717) is 25.8 Å². The molecule has 0 radical (unpaired) electrons. The third kappa shape index (κ3) is 4.33. The molecule has 0 atom stereocenters. The van der Waals surface area contributed by atoms with Gasteiger partial charge in [-0.05, 0) is 32.4 Å². The molecule has 0 spiro atoms. The lowest BCUT2D eigenvalue weighted by atomic mass is 10.1. The predicted molar refractivity (Wildman–Crippen MR) is 76.9 cm³/mol. The summed E-state index contributed by atoms with van der Waals surface area (Å²) in [5.41, 5.74) is 0. The third-order valence-electron chi connectivity index (χ3n) is 4.02. The van der Waals surface area contributed by atoms with Crippen LogP contribution in [0, 0.1) is 0 Å². The quantitative estimate of drug-likeness (QED) is 0.661. The van der Waals surface area contributed by atoms with Gasteiger partial charge in [-0.3, -0.25) is 0 Å². The number of nitrogens with zero attached hydrogens (tertiary/aromatic N) is 2. The fourth-order valence-electron chi connectivity index (χ4n) is 2.85. The highest BCUT2D eigenvalue weighted by molar-refractivity contribution is 5.76. The lowest BCUT2D eigenvalue weighted by Gasteiger charge is -2.31. The van der Waals surface area contributed by atoms with Crippen LogP contribution in [0.2, 0.25) is 0 Å². The minimum absolute atomic E-state index is 0.192. The van der Waals surface area contributed by atoms with Crippen LogP contribution in [-0.4, -0.2) is 81.5 Å². The topological polar surface area (TPSA) is 54.0 Å². The third-order valence-corrected chi connectivity index (χ3v) is 4.02. The van der Waals surface area contributed by atoms with Gasteiger partial charge in [-0.1, -0.05) is 0 Å². The second kappa shape index (κ2) is 8.44. The molecule has 0 bridgehead atoms. The Kier molecular flexibility index (Phi) is 6.56. The Morgan fingerprint density at radius 2 is 2.00 bits per heavy atom. The molecule has 2 heterocycles. The number of methoxy groups -OCH3 is 1. The van der Waals surface area contributed by atoms with Gasteiger partial charge >= 0.3 is 6.03 Å².